The molecule has 7 N–H and O–H groups in total. The van der Waals surface area contributed by atoms with Crippen molar-refractivity contribution in [2.75, 3.05) is 26.4 Å². The maximum atomic E-state index is 13.0. The highest BCUT2D eigenvalue weighted by atomic mass is 16.7. The van der Waals surface area contributed by atoms with E-state index in [4.69, 9.17) is 28.4 Å². The number of unbranched alkanes of at least 4 members (excludes halogenated alkanes) is 12. The summed E-state index contributed by atoms with van der Waals surface area (Å²) < 4.78 is 33.5. The molecule has 0 amide bonds. The fourth-order valence-electron chi connectivity index (χ4n) is 7.41. The van der Waals surface area contributed by atoms with Gasteiger partial charge in [-0.25, -0.2) is 0 Å². The van der Waals surface area contributed by atoms with Gasteiger partial charge in [-0.2, -0.15) is 0 Å². The lowest BCUT2D eigenvalue weighted by Gasteiger charge is -2.42. The molecule has 2 aliphatic heterocycles. The number of esters is 2. The lowest BCUT2D eigenvalue weighted by molar-refractivity contribution is -0.332. The van der Waals surface area contributed by atoms with Crippen molar-refractivity contribution in [3.05, 3.63) is 72.9 Å². The van der Waals surface area contributed by atoms with Gasteiger partial charge in [-0.05, 0) is 83.5 Å². The number of hydrogen-bond acceptors (Lipinski definition) is 15. The molecule has 0 aromatic carbocycles. The Morgan fingerprint density at radius 3 is 1.43 bits per heavy atom. The summed E-state index contributed by atoms with van der Waals surface area (Å²) in [5.74, 6) is -1.01. The van der Waals surface area contributed by atoms with Crippen molar-refractivity contribution in [3.8, 4) is 0 Å². The van der Waals surface area contributed by atoms with Crippen LogP contribution in [0.3, 0.4) is 0 Å². The first kappa shape index (κ1) is 61.1. The molecule has 2 heterocycles. The second kappa shape index (κ2) is 39.6. The van der Waals surface area contributed by atoms with Crippen molar-refractivity contribution in [3.63, 3.8) is 0 Å². The van der Waals surface area contributed by atoms with E-state index in [1.54, 1.807) is 0 Å². The molecule has 68 heavy (non-hydrogen) atoms. The van der Waals surface area contributed by atoms with Crippen LogP contribution in [0.1, 0.15) is 155 Å². The molecule has 0 radical (unpaired) electrons. The summed E-state index contributed by atoms with van der Waals surface area (Å²) in [4.78, 5) is 25.7. The second-order valence-electron chi connectivity index (χ2n) is 17.6. The lowest BCUT2D eigenvalue weighted by Crippen LogP contribution is -2.61. The Kier molecular flexibility index (Phi) is 35.6. The van der Waals surface area contributed by atoms with Crippen molar-refractivity contribution in [1.29, 1.82) is 0 Å². The number of aliphatic hydroxyl groups is 7. The summed E-state index contributed by atoms with van der Waals surface area (Å²) in [6, 6.07) is 0. The molecule has 0 spiro atoms. The van der Waals surface area contributed by atoms with Gasteiger partial charge in [0.15, 0.2) is 18.7 Å². The summed E-state index contributed by atoms with van der Waals surface area (Å²) in [5.41, 5.74) is 0. The van der Waals surface area contributed by atoms with Gasteiger partial charge in [0, 0.05) is 12.8 Å². The highest BCUT2D eigenvalue weighted by Gasteiger charge is 2.47. The van der Waals surface area contributed by atoms with Gasteiger partial charge in [0.2, 0.25) is 0 Å². The smallest absolute Gasteiger partial charge is 0.306 e. The minimum absolute atomic E-state index is 0.0826. The molecule has 0 bridgehead atoms. The van der Waals surface area contributed by atoms with E-state index in [0.29, 0.717) is 19.3 Å². The van der Waals surface area contributed by atoms with Gasteiger partial charge in [-0.1, -0.05) is 132 Å². The molecule has 4 unspecified atom stereocenters. The Hall–Kier alpha value is -3.06. The molecule has 0 aromatic rings. The third-order valence-corrected chi connectivity index (χ3v) is 11.7. The van der Waals surface area contributed by atoms with E-state index in [-0.39, 0.29) is 19.4 Å². The van der Waals surface area contributed by atoms with E-state index < -0.39 is 99.3 Å². The van der Waals surface area contributed by atoms with Crippen LogP contribution >= 0.6 is 0 Å². The molecule has 2 aliphatic rings. The third kappa shape index (κ3) is 27.4. The van der Waals surface area contributed by atoms with Gasteiger partial charge < -0.3 is 64.2 Å². The van der Waals surface area contributed by atoms with Crippen LogP contribution in [0.4, 0.5) is 0 Å². The van der Waals surface area contributed by atoms with Crippen LogP contribution in [-0.4, -0.2) is 142 Å². The van der Waals surface area contributed by atoms with E-state index in [0.717, 1.165) is 70.6 Å². The summed E-state index contributed by atoms with van der Waals surface area (Å²) in [6.07, 6.45) is 29.3. The molecule has 15 nitrogen and oxygen atoms in total. The molecule has 2 saturated heterocycles. The zero-order valence-electron chi connectivity index (χ0n) is 41.1. The molecule has 390 valence electrons. The fourth-order valence-corrected chi connectivity index (χ4v) is 7.41. The predicted octanol–water partition coefficient (Wildman–Crippen LogP) is 7.04. The minimum atomic E-state index is -1.78. The third-order valence-electron chi connectivity index (χ3n) is 11.7. The molecule has 2 rings (SSSR count). The van der Waals surface area contributed by atoms with Crippen LogP contribution in [0.25, 0.3) is 0 Å². The number of hydrogen-bond donors (Lipinski definition) is 7. The van der Waals surface area contributed by atoms with Crippen LogP contribution < -0.4 is 0 Å². The topological polar surface area (TPSA) is 231 Å². The molecular weight excluding hydrogens is 877 g/mol. The Labute approximate surface area is 406 Å². The van der Waals surface area contributed by atoms with E-state index in [1.807, 2.05) is 12.2 Å². The molecule has 0 aliphatic carbocycles. The number of carbonyl (C=O) groups excluding carboxylic acids is 2. The van der Waals surface area contributed by atoms with Crippen LogP contribution in [0.5, 0.6) is 0 Å². The summed E-state index contributed by atoms with van der Waals surface area (Å²) >= 11 is 0. The molecule has 15 heteroatoms. The molecular formula is C53H88O15. The minimum Gasteiger partial charge on any atom is -0.462 e. The average Bonchev–Trinajstić information content (AvgIpc) is 3.33. The maximum Gasteiger partial charge on any atom is 0.306 e. The largest absolute Gasteiger partial charge is 0.462 e. The van der Waals surface area contributed by atoms with Crippen molar-refractivity contribution >= 4 is 11.9 Å². The standard InChI is InChI=1S/C53H88O15/c1-3-5-7-9-11-13-15-17-19-20-22-24-26-28-30-32-34-36-45(56)66-41(38-63-44(55)35-33-31-29-27-25-23-21-18-16-14-12-10-8-6-4-2)39-64-52-51(62)49(60)47(58)43(68-52)40-65-53-50(61)48(59)46(57)42(37-54)67-53/h11-14,17-19,21-22,24,28,30,41-43,46-54,57-62H,3-10,15-16,20,23,25-27,29,31-40H2,1-2H3/b13-11+,14-12+,19-17+,21-18+,24-22+,30-28+/t41-,42+,43+,46-,47-,48?,49?,50?,51?,52+,53+/m1/s1. The van der Waals surface area contributed by atoms with Crippen LogP contribution in [0, 0.1) is 0 Å². The number of ether oxygens (including phenoxy) is 6. The van der Waals surface area contributed by atoms with Gasteiger partial charge >= 0.3 is 11.9 Å². The normalized spacial score (nSPS) is 26.4. The number of rotatable bonds is 38. The van der Waals surface area contributed by atoms with E-state index in [1.165, 1.54) is 38.5 Å². The Balaban J connectivity index is 1.85. The SMILES string of the molecule is CCCCC/C=C/C/C=C/C/C=C/C/C=C/CCCC(=O)O[C@H](COC(=O)CCCCCCC/C=C/C/C=C/CCCCC)CO[C@H]1O[C@@H](CO[C@H]2O[C@@H](CO)[C@@H](O)C(O)C2O)[C@@H](O)C(O)C1O. The maximum absolute atomic E-state index is 13.0. The lowest BCUT2D eigenvalue weighted by atomic mass is 9.98. The zero-order chi connectivity index (χ0) is 49.6. The summed E-state index contributed by atoms with van der Waals surface area (Å²) in [7, 11) is 0. The van der Waals surface area contributed by atoms with Crippen LogP contribution in [-0.2, 0) is 38.0 Å². The Bertz CT molecular complexity index is 1460. The molecule has 11 atom stereocenters. The van der Waals surface area contributed by atoms with Crippen molar-refractivity contribution < 1.29 is 73.8 Å². The van der Waals surface area contributed by atoms with Gasteiger partial charge in [0.25, 0.3) is 0 Å². The predicted molar refractivity (Wildman–Crippen MR) is 261 cm³/mol. The second-order valence-corrected chi connectivity index (χ2v) is 17.6. The number of carbonyl (C=O) groups is 2. The van der Waals surface area contributed by atoms with Gasteiger partial charge in [-0.3, -0.25) is 9.59 Å². The highest BCUT2D eigenvalue weighted by molar-refractivity contribution is 5.70. The number of aliphatic hydroxyl groups excluding tert-OH is 7. The Morgan fingerprint density at radius 1 is 0.471 bits per heavy atom. The molecule has 0 saturated carbocycles. The highest BCUT2D eigenvalue weighted by Crippen LogP contribution is 2.26. The van der Waals surface area contributed by atoms with Crippen molar-refractivity contribution in [2.45, 2.75) is 223 Å². The van der Waals surface area contributed by atoms with Gasteiger partial charge in [0.05, 0.1) is 19.8 Å². The van der Waals surface area contributed by atoms with Gasteiger partial charge in [0.1, 0.15) is 55.4 Å². The fraction of sp³-hybridized carbons (Fsp3) is 0.736. The van der Waals surface area contributed by atoms with E-state index in [2.05, 4.69) is 74.6 Å². The summed E-state index contributed by atoms with van der Waals surface area (Å²) in [6.45, 7) is 2.44. The van der Waals surface area contributed by atoms with Crippen molar-refractivity contribution in [2.24, 2.45) is 0 Å². The molecule has 0 aromatic heterocycles. The van der Waals surface area contributed by atoms with Crippen molar-refractivity contribution in [1.82, 2.24) is 0 Å². The zero-order valence-corrected chi connectivity index (χ0v) is 41.1. The van der Waals surface area contributed by atoms with E-state index >= 15 is 0 Å². The van der Waals surface area contributed by atoms with Crippen LogP contribution in [0.15, 0.2) is 72.9 Å². The first-order chi connectivity index (χ1) is 33.0. The molecule has 2 fully saturated rings. The quantitative estimate of drug-likeness (QED) is 0.0187. The monoisotopic (exact) mass is 965 g/mol. The first-order valence-electron chi connectivity index (χ1n) is 25.5. The van der Waals surface area contributed by atoms with Gasteiger partial charge in [-0.15, -0.1) is 0 Å². The van der Waals surface area contributed by atoms with E-state index in [9.17, 15) is 45.3 Å². The average molecular weight is 965 g/mol. The summed E-state index contributed by atoms with van der Waals surface area (Å²) in [5, 5.41) is 72.1. The first-order valence-corrected chi connectivity index (χ1v) is 25.5. The van der Waals surface area contributed by atoms with Crippen LogP contribution in [0.2, 0.25) is 0 Å². The Morgan fingerprint density at radius 2 is 0.897 bits per heavy atom. The number of allylic oxidation sites excluding steroid dienone is 12.